The molecule has 0 saturated heterocycles. The molecule has 0 aliphatic heterocycles. The number of hydrogen-bond acceptors (Lipinski definition) is 2. The van der Waals surface area contributed by atoms with Crippen molar-refractivity contribution in [3.63, 3.8) is 0 Å². The predicted octanol–water partition coefficient (Wildman–Crippen LogP) is 3.29. The summed E-state index contributed by atoms with van der Waals surface area (Å²) in [5, 5.41) is 3.25. The molecule has 0 radical (unpaired) electrons. The lowest BCUT2D eigenvalue weighted by molar-refractivity contribution is 0.306. The highest BCUT2D eigenvalue weighted by atomic mass is 19.1. The zero-order valence-corrected chi connectivity index (χ0v) is 11.0. The van der Waals surface area contributed by atoms with Gasteiger partial charge in [-0.3, -0.25) is 0 Å². The summed E-state index contributed by atoms with van der Waals surface area (Å²) < 4.78 is 18.9. The lowest BCUT2D eigenvalue weighted by Crippen LogP contribution is -2.18. The summed E-state index contributed by atoms with van der Waals surface area (Å²) in [7, 11) is 0. The molecular formula is C15H20FNO. The van der Waals surface area contributed by atoms with Gasteiger partial charge >= 0.3 is 0 Å². The van der Waals surface area contributed by atoms with Gasteiger partial charge < -0.3 is 10.1 Å². The minimum atomic E-state index is -0.245. The quantitative estimate of drug-likeness (QED) is 0.591. The molecule has 3 heteroatoms. The molecule has 2 nitrogen and oxygen atoms in total. The van der Waals surface area contributed by atoms with Gasteiger partial charge in [0.15, 0.2) is 0 Å². The van der Waals surface area contributed by atoms with Crippen LogP contribution in [0.5, 0.6) is 5.75 Å². The molecule has 0 aliphatic rings. The van der Waals surface area contributed by atoms with Crippen molar-refractivity contribution in [2.24, 2.45) is 0 Å². The largest absolute Gasteiger partial charge is 0.493 e. The van der Waals surface area contributed by atoms with E-state index in [0.29, 0.717) is 13.0 Å². The summed E-state index contributed by atoms with van der Waals surface area (Å²) in [6.45, 7) is 5.39. The summed E-state index contributed by atoms with van der Waals surface area (Å²) >= 11 is 0. The minimum Gasteiger partial charge on any atom is -0.493 e. The van der Waals surface area contributed by atoms with Gasteiger partial charge in [-0.1, -0.05) is 6.92 Å². The topological polar surface area (TPSA) is 21.3 Å². The normalized spacial score (nSPS) is 11.9. The van der Waals surface area contributed by atoms with Crippen molar-refractivity contribution in [3.05, 3.63) is 29.6 Å². The third kappa shape index (κ3) is 4.38. The van der Waals surface area contributed by atoms with Crippen molar-refractivity contribution in [3.8, 4) is 18.1 Å². The number of ether oxygens (including phenoxy) is 1. The fourth-order valence-electron chi connectivity index (χ4n) is 1.76. The SMILES string of the molecule is C#CCCCOc1ccc(F)cc1C(C)NCC. The minimum absolute atomic E-state index is 0.0633. The molecule has 1 N–H and O–H groups in total. The Morgan fingerprint density at radius 3 is 2.94 bits per heavy atom. The lowest BCUT2D eigenvalue weighted by Gasteiger charge is -2.17. The molecule has 98 valence electrons. The molecule has 0 aliphatic carbocycles. The lowest BCUT2D eigenvalue weighted by atomic mass is 10.1. The molecule has 0 aromatic heterocycles. The van der Waals surface area contributed by atoms with Crippen LogP contribution in [0.1, 0.15) is 38.3 Å². The van der Waals surface area contributed by atoms with Gasteiger partial charge in [-0.05, 0) is 38.1 Å². The molecule has 1 aromatic carbocycles. The monoisotopic (exact) mass is 249 g/mol. The maximum Gasteiger partial charge on any atom is 0.124 e. The standard InChI is InChI=1S/C15H20FNO/c1-4-6-7-10-18-15-9-8-13(16)11-14(15)12(3)17-5-2/h1,8-9,11-12,17H,5-7,10H2,2-3H3. The number of rotatable bonds is 7. The highest BCUT2D eigenvalue weighted by molar-refractivity contribution is 5.36. The molecule has 1 aromatic rings. The summed E-state index contributed by atoms with van der Waals surface area (Å²) in [6.07, 6.45) is 6.68. The van der Waals surface area contributed by atoms with E-state index in [1.165, 1.54) is 12.1 Å². The van der Waals surface area contributed by atoms with E-state index >= 15 is 0 Å². The van der Waals surface area contributed by atoms with E-state index in [-0.39, 0.29) is 11.9 Å². The number of hydrogen-bond donors (Lipinski definition) is 1. The highest BCUT2D eigenvalue weighted by Gasteiger charge is 2.11. The summed E-state index contributed by atoms with van der Waals surface area (Å²) in [6, 6.07) is 4.67. The fourth-order valence-corrected chi connectivity index (χ4v) is 1.76. The molecule has 18 heavy (non-hydrogen) atoms. The Labute approximate surface area is 109 Å². The van der Waals surface area contributed by atoms with Crippen molar-refractivity contribution in [1.82, 2.24) is 5.32 Å². The van der Waals surface area contributed by atoms with E-state index in [2.05, 4.69) is 11.2 Å². The predicted molar refractivity (Wildman–Crippen MR) is 72.1 cm³/mol. The zero-order chi connectivity index (χ0) is 13.4. The molecule has 1 unspecified atom stereocenters. The van der Waals surface area contributed by atoms with Crippen LogP contribution in [0.25, 0.3) is 0 Å². The van der Waals surface area contributed by atoms with Crippen LogP contribution in [0.15, 0.2) is 18.2 Å². The Morgan fingerprint density at radius 1 is 1.50 bits per heavy atom. The van der Waals surface area contributed by atoms with Gasteiger partial charge in [-0.2, -0.15) is 0 Å². The first-order valence-electron chi connectivity index (χ1n) is 6.28. The van der Waals surface area contributed by atoms with Crippen molar-refractivity contribution >= 4 is 0 Å². The van der Waals surface area contributed by atoms with Crippen LogP contribution in [0.4, 0.5) is 4.39 Å². The van der Waals surface area contributed by atoms with Crippen LogP contribution < -0.4 is 10.1 Å². The van der Waals surface area contributed by atoms with E-state index < -0.39 is 0 Å². The van der Waals surface area contributed by atoms with Gasteiger partial charge in [0.2, 0.25) is 0 Å². The van der Waals surface area contributed by atoms with E-state index in [9.17, 15) is 4.39 Å². The van der Waals surface area contributed by atoms with Crippen LogP contribution in [0, 0.1) is 18.2 Å². The molecule has 0 heterocycles. The average Bonchev–Trinajstić information content (AvgIpc) is 2.36. The van der Waals surface area contributed by atoms with Gasteiger partial charge in [0.25, 0.3) is 0 Å². The van der Waals surface area contributed by atoms with Crippen LogP contribution in [-0.4, -0.2) is 13.2 Å². The number of terminal acetylenes is 1. The van der Waals surface area contributed by atoms with Gasteiger partial charge in [0.05, 0.1) is 6.61 Å². The molecular weight excluding hydrogens is 229 g/mol. The number of unbranched alkanes of at least 4 members (excludes halogenated alkanes) is 1. The molecule has 0 fully saturated rings. The van der Waals surface area contributed by atoms with Crippen molar-refractivity contribution < 1.29 is 9.13 Å². The second-order valence-corrected chi connectivity index (χ2v) is 4.12. The summed E-state index contributed by atoms with van der Waals surface area (Å²) in [5.41, 5.74) is 0.845. The van der Waals surface area contributed by atoms with Gasteiger partial charge in [-0.15, -0.1) is 12.3 Å². The maximum absolute atomic E-state index is 13.3. The van der Waals surface area contributed by atoms with Gasteiger partial charge in [-0.25, -0.2) is 4.39 Å². The van der Waals surface area contributed by atoms with E-state index in [4.69, 9.17) is 11.2 Å². The Balaban J connectivity index is 2.73. The Bertz CT molecular complexity index is 411. The highest BCUT2D eigenvalue weighted by Crippen LogP contribution is 2.26. The van der Waals surface area contributed by atoms with E-state index in [0.717, 1.165) is 24.3 Å². The smallest absolute Gasteiger partial charge is 0.124 e. The van der Waals surface area contributed by atoms with Crippen molar-refractivity contribution in [1.29, 1.82) is 0 Å². The zero-order valence-electron chi connectivity index (χ0n) is 11.0. The first kappa shape index (κ1) is 14.5. The molecule has 0 bridgehead atoms. The third-order valence-electron chi connectivity index (χ3n) is 2.67. The maximum atomic E-state index is 13.3. The van der Waals surface area contributed by atoms with Crippen LogP contribution in [-0.2, 0) is 0 Å². The summed E-state index contributed by atoms with van der Waals surface area (Å²) in [5.74, 6) is 3.05. The Morgan fingerprint density at radius 2 is 2.28 bits per heavy atom. The molecule has 0 saturated carbocycles. The second kappa shape index (κ2) is 7.73. The fraction of sp³-hybridized carbons (Fsp3) is 0.467. The first-order chi connectivity index (χ1) is 8.69. The van der Waals surface area contributed by atoms with Gasteiger partial charge in [0, 0.05) is 18.0 Å². The van der Waals surface area contributed by atoms with Crippen molar-refractivity contribution in [2.45, 2.75) is 32.7 Å². The third-order valence-corrected chi connectivity index (χ3v) is 2.67. The molecule has 1 atom stereocenters. The van der Waals surface area contributed by atoms with Crippen molar-refractivity contribution in [2.75, 3.05) is 13.2 Å². The summed E-state index contributed by atoms with van der Waals surface area (Å²) in [4.78, 5) is 0. The second-order valence-electron chi connectivity index (χ2n) is 4.12. The Kier molecular flexibility index (Phi) is 6.24. The number of nitrogens with one attached hydrogen (secondary N) is 1. The van der Waals surface area contributed by atoms with Gasteiger partial charge in [0.1, 0.15) is 11.6 Å². The van der Waals surface area contributed by atoms with E-state index in [1.54, 1.807) is 6.07 Å². The molecule has 0 amide bonds. The number of benzene rings is 1. The molecule has 0 spiro atoms. The van der Waals surface area contributed by atoms with E-state index in [1.807, 2.05) is 13.8 Å². The first-order valence-corrected chi connectivity index (χ1v) is 6.28. The number of halogens is 1. The van der Waals surface area contributed by atoms with Crippen LogP contribution in [0.2, 0.25) is 0 Å². The molecule has 1 rings (SSSR count). The Hall–Kier alpha value is -1.53. The van der Waals surface area contributed by atoms with Crippen LogP contribution in [0.3, 0.4) is 0 Å². The van der Waals surface area contributed by atoms with Crippen LogP contribution >= 0.6 is 0 Å². The average molecular weight is 249 g/mol.